The van der Waals surface area contributed by atoms with Crippen molar-refractivity contribution < 1.29 is 9.66 Å². The third-order valence-corrected chi connectivity index (χ3v) is 3.85. The molecule has 8 heteroatoms. The van der Waals surface area contributed by atoms with E-state index in [1.807, 2.05) is 30.3 Å². The molecule has 0 aliphatic rings. The van der Waals surface area contributed by atoms with E-state index in [4.69, 9.17) is 4.74 Å². The molecule has 0 spiro atoms. The van der Waals surface area contributed by atoms with Crippen molar-refractivity contribution in [3.8, 4) is 11.6 Å². The summed E-state index contributed by atoms with van der Waals surface area (Å²) >= 11 is 0. The number of hydrogen-bond donors (Lipinski definition) is 1. The molecule has 0 unspecified atom stereocenters. The van der Waals surface area contributed by atoms with Crippen molar-refractivity contribution in [2.75, 3.05) is 5.32 Å². The first-order valence-corrected chi connectivity index (χ1v) is 8.04. The van der Waals surface area contributed by atoms with Gasteiger partial charge < -0.3 is 10.1 Å². The summed E-state index contributed by atoms with van der Waals surface area (Å²) in [4.78, 5) is 22.9. The van der Waals surface area contributed by atoms with Crippen molar-refractivity contribution in [1.82, 2.24) is 15.0 Å². The number of pyridine rings is 1. The number of benzene rings is 2. The Hall–Kier alpha value is -4.07. The van der Waals surface area contributed by atoms with Gasteiger partial charge in [-0.15, -0.1) is 0 Å². The molecule has 1 N–H and O–H groups in total. The molecule has 0 saturated carbocycles. The Labute approximate surface area is 153 Å². The van der Waals surface area contributed by atoms with Crippen molar-refractivity contribution in [2.24, 2.45) is 0 Å². The summed E-state index contributed by atoms with van der Waals surface area (Å²) in [5.41, 5.74) is 0.269. The average molecular weight is 359 g/mol. The van der Waals surface area contributed by atoms with E-state index in [0.29, 0.717) is 11.4 Å². The predicted octanol–water partition coefficient (Wildman–Crippen LogP) is 4.47. The Morgan fingerprint density at radius 2 is 1.74 bits per heavy atom. The van der Waals surface area contributed by atoms with E-state index in [1.165, 1.54) is 6.33 Å². The van der Waals surface area contributed by atoms with Gasteiger partial charge >= 0.3 is 11.6 Å². The first-order valence-electron chi connectivity index (χ1n) is 8.04. The lowest BCUT2D eigenvalue weighted by Gasteiger charge is -2.09. The summed E-state index contributed by atoms with van der Waals surface area (Å²) in [6.45, 7) is 0. The first kappa shape index (κ1) is 16.4. The molecular formula is C19H13N5O3. The summed E-state index contributed by atoms with van der Waals surface area (Å²) < 4.78 is 5.71. The number of nitrogens with one attached hydrogen (secondary N) is 1. The summed E-state index contributed by atoms with van der Waals surface area (Å²) in [6, 6.07) is 16.5. The zero-order chi connectivity index (χ0) is 18.6. The summed E-state index contributed by atoms with van der Waals surface area (Å²) in [5, 5.41) is 16.5. The molecule has 2 heterocycles. The standard InChI is InChI=1S/C19H13N5O3/c25-24(26)17-18(23-15-7-9-20-10-8-15)21-12-22-19(17)27-16-6-5-13-3-1-2-4-14(13)11-16/h1-12H,(H,20,21,22,23). The third kappa shape index (κ3) is 3.49. The molecule has 27 heavy (non-hydrogen) atoms. The number of hydrogen-bond acceptors (Lipinski definition) is 7. The molecule has 0 amide bonds. The van der Waals surface area contributed by atoms with Crippen molar-refractivity contribution in [3.63, 3.8) is 0 Å². The van der Waals surface area contributed by atoms with Gasteiger partial charge in [-0.1, -0.05) is 30.3 Å². The minimum absolute atomic E-state index is 0.0389. The average Bonchev–Trinajstić information content (AvgIpc) is 2.68. The van der Waals surface area contributed by atoms with Crippen molar-refractivity contribution in [2.45, 2.75) is 0 Å². The largest absolute Gasteiger partial charge is 0.434 e. The molecule has 8 nitrogen and oxygen atoms in total. The molecule has 2 aromatic heterocycles. The van der Waals surface area contributed by atoms with Crippen LogP contribution >= 0.6 is 0 Å². The van der Waals surface area contributed by atoms with Crippen LogP contribution in [-0.4, -0.2) is 19.9 Å². The third-order valence-electron chi connectivity index (χ3n) is 3.85. The molecule has 0 atom stereocenters. The Morgan fingerprint density at radius 3 is 2.52 bits per heavy atom. The molecular weight excluding hydrogens is 346 g/mol. The minimum atomic E-state index is -0.570. The topological polar surface area (TPSA) is 103 Å². The maximum atomic E-state index is 11.6. The van der Waals surface area contributed by atoms with Crippen molar-refractivity contribution in [3.05, 3.63) is 83.4 Å². The monoisotopic (exact) mass is 359 g/mol. The second-order valence-electron chi connectivity index (χ2n) is 5.61. The highest BCUT2D eigenvalue weighted by atomic mass is 16.6. The molecule has 0 saturated heterocycles. The normalized spacial score (nSPS) is 10.5. The van der Waals surface area contributed by atoms with Crippen LogP contribution in [0.1, 0.15) is 0 Å². The molecule has 132 valence electrons. The summed E-state index contributed by atoms with van der Waals surface area (Å²) in [6.07, 6.45) is 4.36. The van der Waals surface area contributed by atoms with Crippen molar-refractivity contribution >= 4 is 28.0 Å². The van der Waals surface area contributed by atoms with Crippen LogP contribution in [0.5, 0.6) is 11.6 Å². The number of rotatable bonds is 5. The minimum Gasteiger partial charge on any atom is -0.434 e. The van der Waals surface area contributed by atoms with Gasteiger partial charge in [0.2, 0.25) is 5.82 Å². The molecule has 0 fully saturated rings. The van der Waals surface area contributed by atoms with Gasteiger partial charge in [-0.2, -0.15) is 4.98 Å². The van der Waals surface area contributed by atoms with Gasteiger partial charge in [0.15, 0.2) is 0 Å². The van der Waals surface area contributed by atoms with Crippen LogP contribution in [0.3, 0.4) is 0 Å². The quantitative estimate of drug-likeness (QED) is 0.414. The molecule has 4 aromatic rings. The lowest BCUT2D eigenvalue weighted by molar-refractivity contribution is -0.385. The number of fused-ring (bicyclic) bond motifs is 1. The highest BCUT2D eigenvalue weighted by Gasteiger charge is 2.25. The van der Waals surface area contributed by atoms with Crippen molar-refractivity contribution in [1.29, 1.82) is 0 Å². The maximum absolute atomic E-state index is 11.6. The van der Waals surface area contributed by atoms with Gasteiger partial charge in [0.25, 0.3) is 0 Å². The molecule has 0 bridgehead atoms. The van der Waals surface area contributed by atoms with Gasteiger partial charge in [0, 0.05) is 18.1 Å². The Morgan fingerprint density at radius 1 is 0.963 bits per heavy atom. The van der Waals surface area contributed by atoms with Crippen LogP contribution < -0.4 is 10.1 Å². The van der Waals surface area contributed by atoms with Crippen LogP contribution in [0.4, 0.5) is 17.2 Å². The summed E-state index contributed by atoms with van der Waals surface area (Å²) in [7, 11) is 0. The van der Waals surface area contributed by atoms with Crippen LogP contribution in [0.2, 0.25) is 0 Å². The zero-order valence-corrected chi connectivity index (χ0v) is 13.9. The smallest absolute Gasteiger partial charge is 0.373 e. The zero-order valence-electron chi connectivity index (χ0n) is 13.9. The lowest BCUT2D eigenvalue weighted by atomic mass is 10.1. The molecule has 0 aliphatic carbocycles. The van der Waals surface area contributed by atoms with E-state index in [1.54, 1.807) is 36.7 Å². The van der Waals surface area contributed by atoms with Gasteiger partial charge in [0.1, 0.15) is 12.1 Å². The van der Waals surface area contributed by atoms with E-state index in [-0.39, 0.29) is 17.4 Å². The molecule has 4 rings (SSSR count). The number of nitrogens with zero attached hydrogens (tertiary/aromatic N) is 4. The highest BCUT2D eigenvalue weighted by Crippen LogP contribution is 2.36. The lowest BCUT2D eigenvalue weighted by Crippen LogP contribution is -2.03. The Bertz CT molecular complexity index is 1120. The number of nitro groups is 1. The first-order chi connectivity index (χ1) is 13.2. The van der Waals surface area contributed by atoms with Crippen LogP contribution in [-0.2, 0) is 0 Å². The maximum Gasteiger partial charge on any atom is 0.373 e. The van der Waals surface area contributed by atoms with Crippen LogP contribution in [0.15, 0.2) is 73.3 Å². The van der Waals surface area contributed by atoms with E-state index in [0.717, 1.165) is 10.8 Å². The van der Waals surface area contributed by atoms with Gasteiger partial charge in [-0.25, -0.2) is 4.98 Å². The van der Waals surface area contributed by atoms with E-state index >= 15 is 0 Å². The van der Waals surface area contributed by atoms with E-state index < -0.39 is 4.92 Å². The number of ether oxygens (including phenoxy) is 1. The van der Waals surface area contributed by atoms with Gasteiger partial charge in [-0.3, -0.25) is 15.1 Å². The Kier molecular flexibility index (Phi) is 4.28. The predicted molar refractivity (Wildman–Crippen MR) is 100 cm³/mol. The second kappa shape index (κ2) is 7.04. The molecule has 0 aliphatic heterocycles. The SMILES string of the molecule is O=[N+]([O-])c1c(Nc2ccncc2)ncnc1Oc1ccc2ccccc2c1. The molecule has 2 aromatic carbocycles. The highest BCUT2D eigenvalue weighted by molar-refractivity contribution is 5.83. The summed E-state index contributed by atoms with van der Waals surface area (Å²) in [5.74, 6) is 0.351. The van der Waals surface area contributed by atoms with Crippen LogP contribution in [0.25, 0.3) is 10.8 Å². The number of anilines is 2. The fraction of sp³-hybridized carbons (Fsp3) is 0. The van der Waals surface area contributed by atoms with E-state index in [2.05, 4.69) is 20.3 Å². The second-order valence-corrected chi connectivity index (χ2v) is 5.61. The van der Waals surface area contributed by atoms with Gasteiger partial charge in [-0.05, 0) is 35.0 Å². The number of aromatic nitrogens is 3. The fourth-order valence-electron chi connectivity index (χ4n) is 2.61. The molecule has 0 radical (unpaired) electrons. The van der Waals surface area contributed by atoms with Gasteiger partial charge in [0.05, 0.1) is 4.92 Å². The van der Waals surface area contributed by atoms with E-state index in [9.17, 15) is 10.1 Å². The fourth-order valence-corrected chi connectivity index (χ4v) is 2.61. The Balaban J connectivity index is 1.71. The van der Waals surface area contributed by atoms with Crippen LogP contribution in [0, 0.1) is 10.1 Å².